The maximum atomic E-state index is 12.4. The van der Waals surface area contributed by atoms with Crippen LogP contribution in [0, 0.1) is 11.8 Å². The molecule has 0 saturated carbocycles. The molecule has 0 aromatic rings. The van der Waals surface area contributed by atoms with Crippen LogP contribution in [-0.4, -0.2) is 35.0 Å². The van der Waals surface area contributed by atoms with Crippen LogP contribution in [0.1, 0.15) is 73.1 Å². The van der Waals surface area contributed by atoms with E-state index in [1.807, 2.05) is 13.8 Å². The van der Waals surface area contributed by atoms with E-state index in [2.05, 4.69) is 17.6 Å². The number of aliphatic carboxylic acids is 1. The summed E-state index contributed by atoms with van der Waals surface area (Å²) in [5.41, 5.74) is 0. The third kappa shape index (κ3) is 8.89. The molecule has 24 heavy (non-hydrogen) atoms. The van der Waals surface area contributed by atoms with Crippen LogP contribution in [0.5, 0.6) is 0 Å². The summed E-state index contributed by atoms with van der Waals surface area (Å²) < 4.78 is 0. The number of amides is 2. The van der Waals surface area contributed by atoms with E-state index in [1.165, 1.54) is 6.42 Å². The van der Waals surface area contributed by atoms with Crippen LogP contribution in [0.3, 0.4) is 0 Å². The predicted molar refractivity (Wildman–Crippen MR) is 94.5 cm³/mol. The van der Waals surface area contributed by atoms with Crippen molar-refractivity contribution in [2.24, 2.45) is 11.8 Å². The number of rotatable bonds is 12. The van der Waals surface area contributed by atoms with Crippen LogP contribution in [0.4, 0.5) is 0 Å². The fourth-order valence-electron chi connectivity index (χ4n) is 2.43. The second-order valence-corrected chi connectivity index (χ2v) is 7.02. The summed E-state index contributed by atoms with van der Waals surface area (Å²) in [6.07, 6.45) is 5.66. The minimum absolute atomic E-state index is 0.115. The second-order valence-electron chi connectivity index (χ2n) is 7.02. The fraction of sp³-hybridized carbons (Fsp3) is 0.833. The molecule has 2 amide bonds. The molecule has 0 rings (SSSR count). The van der Waals surface area contributed by atoms with Gasteiger partial charge in [0, 0.05) is 6.42 Å². The topological polar surface area (TPSA) is 95.5 Å². The molecule has 0 heterocycles. The monoisotopic (exact) mass is 342 g/mol. The van der Waals surface area contributed by atoms with E-state index in [9.17, 15) is 19.5 Å². The summed E-state index contributed by atoms with van der Waals surface area (Å²) in [5.74, 6) is -2.01. The molecule has 140 valence electrons. The number of nitrogens with one attached hydrogen (secondary N) is 2. The molecule has 3 N–H and O–H groups in total. The van der Waals surface area contributed by atoms with Crippen LogP contribution >= 0.6 is 0 Å². The summed E-state index contributed by atoms with van der Waals surface area (Å²) in [4.78, 5) is 35.6. The minimum Gasteiger partial charge on any atom is -0.480 e. The van der Waals surface area contributed by atoms with Gasteiger partial charge in [-0.3, -0.25) is 9.59 Å². The van der Waals surface area contributed by atoms with Crippen molar-refractivity contribution in [3.05, 3.63) is 0 Å². The van der Waals surface area contributed by atoms with E-state index in [0.717, 1.165) is 25.7 Å². The zero-order valence-corrected chi connectivity index (χ0v) is 15.7. The Morgan fingerprint density at radius 2 is 1.38 bits per heavy atom. The van der Waals surface area contributed by atoms with Gasteiger partial charge in [0.05, 0.1) is 0 Å². The van der Waals surface area contributed by atoms with Gasteiger partial charge in [0.2, 0.25) is 11.8 Å². The molecular formula is C18H34N2O4. The number of carbonyl (C=O) groups excluding carboxylic acids is 2. The van der Waals surface area contributed by atoms with Crippen LogP contribution in [0.15, 0.2) is 0 Å². The van der Waals surface area contributed by atoms with Crippen LogP contribution < -0.4 is 10.6 Å². The predicted octanol–water partition coefficient (Wildman–Crippen LogP) is 2.71. The molecule has 0 fully saturated rings. The SMILES string of the molecule is CCCCCCCC(=O)N[C@@H](C(=O)N[C@@H](C(=O)O)C(C)C)C(C)C. The lowest BCUT2D eigenvalue weighted by Crippen LogP contribution is -2.54. The highest BCUT2D eigenvalue weighted by molar-refractivity contribution is 5.90. The molecular weight excluding hydrogens is 308 g/mol. The summed E-state index contributed by atoms with van der Waals surface area (Å²) >= 11 is 0. The van der Waals surface area contributed by atoms with Crippen molar-refractivity contribution in [3.8, 4) is 0 Å². The highest BCUT2D eigenvalue weighted by atomic mass is 16.4. The van der Waals surface area contributed by atoms with E-state index < -0.39 is 24.0 Å². The number of unbranched alkanes of at least 4 members (excludes halogenated alkanes) is 4. The van der Waals surface area contributed by atoms with Crippen molar-refractivity contribution in [1.82, 2.24) is 10.6 Å². The lowest BCUT2D eigenvalue weighted by Gasteiger charge is -2.25. The third-order valence-corrected chi connectivity index (χ3v) is 4.00. The van der Waals surface area contributed by atoms with Gasteiger partial charge in [-0.15, -0.1) is 0 Å². The van der Waals surface area contributed by atoms with Crippen LogP contribution in [0.25, 0.3) is 0 Å². The second kappa shape index (κ2) is 11.9. The van der Waals surface area contributed by atoms with E-state index in [-0.39, 0.29) is 17.7 Å². The largest absolute Gasteiger partial charge is 0.480 e. The molecule has 0 aliphatic carbocycles. The molecule has 0 bridgehead atoms. The summed E-state index contributed by atoms with van der Waals surface area (Å²) in [6.45, 7) is 9.27. The number of carboxylic acids is 1. The van der Waals surface area contributed by atoms with Gasteiger partial charge < -0.3 is 15.7 Å². The first-order valence-electron chi connectivity index (χ1n) is 9.03. The van der Waals surface area contributed by atoms with Gasteiger partial charge in [-0.05, 0) is 18.3 Å². The van der Waals surface area contributed by atoms with E-state index in [4.69, 9.17) is 0 Å². The summed E-state index contributed by atoms with van der Waals surface area (Å²) in [6, 6.07) is -1.67. The number of hydrogen-bond acceptors (Lipinski definition) is 3. The highest BCUT2D eigenvalue weighted by Gasteiger charge is 2.29. The van der Waals surface area contributed by atoms with Crippen molar-refractivity contribution < 1.29 is 19.5 Å². The number of carbonyl (C=O) groups is 3. The Labute approximate surface area is 145 Å². The van der Waals surface area contributed by atoms with Crippen LogP contribution in [0.2, 0.25) is 0 Å². The van der Waals surface area contributed by atoms with E-state index >= 15 is 0 Å². The zero-order valence-electron chi connectivity index (χ0n) is 15.7. The lowest BCUT2D eigenvalue weighted by molar-refractivity contribution is -0.143. The van der Waals surface area contributed by atoms with Gasteiger partial charge in [0.25, 0.3) is 0 Å². The standard InChI is InChI=1S/C18H34N2O4/c1-6-7-8-9-10-11-14(21)19-15(12(2)3)17(22)20-16(13(4)5)18(23)24/h12-13,15-16H,6-11H2,1-5H3,(H,19,21)(H,20,22)(H,23,24)/t15-,16-/m1/s1. The van der Waals surface area contributed by atoms with Crippen molar-refractivity contribution >= 4 is 17.8 Å². The smallest absolute Gasteiger partial charge is 0.326 e. The molecule has 0 aromatic carbocycles. The van der Waals surface area contributed by atoms with Gasteiger partial charge in [-0.2, -0.15) is 0 Å². The van der Waals surface area contributed by atoms with Gasteiger partial charge >= 0.3 is 5.97 Å². The Morgan fingerprint density at radius 3 is 1.83 bits per heavy atom. The first-order valence-corrected chi connectivity index (χ1v) is 9.03. The Bertz CT molecular complexity index is 408. The Kier molecular flexibility index (Phi) is 11.1. The molecule has 0 saturated heterocycles. The summed E-state index contributed by atoms with van der Waals surface area (Å²) in [5, 5.41) is 14.5. The summed E-state index contributed by atoms with van der Waals surface area (Å²) in [7, 11) is 0. The third-order valence-electron chi connectivity index (χ3n) is 4.00. The maximum Gasteiger partial charge on any atom is 0.326 e. The number of hydrogen-bond donors (Lipinski definition) is 3. The molecule has 0 spiro atoms. The maximum absolute atomic E-state index is 12.4. The van der Waals surface area contributed by atoms with Crippen molar-refractivity contribution in [1.29, 1.82) is 0 Å². The quantitative estimate of drug-likeness (QED) is 0.475. The van der Waals surface area contributed by atoms with Crippen molar-refractivity contribution in [2.75, 3.05) is 0 Å². The molecule has 0 aromatic heterocycles. The molecule has 0 unspecified atom stereocenters. The van der Waals surface area contributed by atoms with Gasteiger partial charge in [-0.1, -0.05) is 60.3 Å². The van der Waals surface area contributed by atoms with Gasteiger partial charge in [0.1, 0.15) is 12.1 Å². The lowest BCUT2D eigenvalue weighted by atomic mass is 10.00. The first kappa shape index (κ1) is 22.4. The molecule has 0 aliphatic heterocycles. The number of carboxylic acid groups (broad SMARTS) is 1. The normalized spacial score (nSPS) is 13.6. The van der Waals surface area contributed by atoms with Crippen molar-refractivity contribution in [3.63, 3.8) is 0 Å². The highest BCUT2D eigenvalue weighted by Crippen LogP contribution is 2.08. The molecule has 6 heteroatoms. The van der Waals surface area contributed by atoms with E-state index in [1.54, 1.807) is 13.8 Å². The average molecular weight is 342 g/mol. The van der Waals surface area contributed by atoms with Crippen molar-refractivity contribution in [2.45, 2.75) is 85.2 Å². The van der Waals surface area contributed by atoms with Gasteiger partial charge in [-0.25, -0.2) is 4.79 Å². The molecule has 0 radical (unpaired) electrons. The van der Waals surface area contributed by atoms with E-state index in [0.29, 0.717) is 6.42 Å². The Morgan fingerprint density at radius 1 is 0.833 bits per heavy atom. The Hall–Kier alpha value is -1.59. The molecule has 2 atom stereocenters. The molecule has 0 aliphatic rings. The Balaban J connectivity index is 4.54. The first-order chi connectivity index (χ1) is 11.2. The average Bonchev–Trinajstić information content (AvgIpc) is 2.48. The fourth-order valence-corrected chi connectivity index (χ4v) is 2.43. The zero-order chi connectivity index (χ0) is 18.7. The minimum atomic E-state index is -1.07. The van der Waals surface area contributed by atoms with Gasteiger partial charge in [0.15, 0.2) is 0 Å². The van der Waals surface area contributed by atoms with Crippen LogP contribution in [-0.2, 0) is 14.4 Å². The molecule has 6 nitrogen and oxygen atoms in total.